The fraction of sp³-hybridized carbons (Fsp3) is 0.333. The molecule has 3 aromatic rings. The average Bonchev–Trinajstić information content (AvgIpc) is 3.10. The molecule has 0 saturated carbocycles. The molecule has 1 atom stereocenters. The van der Waals surface area contributed by atoms with Crippen LogP contribution in [0.4, 0.5) is 0 Å². The zero-order valence-electron chi connectivity index (χ0n) is 13.6. The molecule has 1 saturated heterocycles. The van der Waals surface area contributed by atoms with E-state index in [1.54, 1.807) is 6.20 Å². The van der Waals surface area contributed by atoms with Crippen molar-refractivity contribution in [2.45, 2.75) is 25.7 Å². The molecule has 1 fully saturated rings. The van der Waals surface area contributed by atoms with Gasteiger partial charge in [0.15, 0.2) is 0 Å². The standard InChI is InChI=1S/C18H19N5O/c1-13-15(10-19-12-21-13)18(24)22-8-3-4-14(11-22)16-5-2-6-17-20-7-9-23(16)17/h2,5-7,9-10,12,14H,3-4,8,11H2,1H3. The zero-order valence-corrected chi connectivity index (χ0v) is 13.6. The van der Waals surface area contributed by atoms with E-state index in [0.717, 1.165) is 30.7 Å². The SMILES string of the molecule is Cc1ncncc1C(=O)N1CCCC(c2cccc3nccn23)C1. The van der Waals surface area contributed by atoms with Gasteiger partial charge < -0.3 is 9.30 Å². The number of fused-ring (bicyclic) bond motifs is 1. The predicted molar refractivity (Wildman–Crippen MR) is 89.8 cm³/mol. The Kier molecular flexibility index (Phi) is 3.72. The van der Waals surface area contributed by atoms with Gasteiger partial charge in [-0.25, -0.2) is 15.0 Å². The lowest BCUT2D eigenvalue weighted by molar-refractivity contribution is 0.0704. The molecule has 6 nitrogen and oxygen atoms in total. The van der Waals surface area contributed by atoms with E-state index in [4.69, 9.17) is 0 Å². The van der Waals surface area contributed by atoms with E-state index in [1.165, 1.54) is 12.0 Å². The first-order valence-corrected chi connectivity index (χ1v) is 8.22. The number of amides is 1. The lowest BCUT2D eigenvalue weighted by Crippen LogP contribution is -2.39. The van der Waals surface area contributed by atoms with Gasteiger partial charge in [0, 0.05) is 43.3 Å². The van der Waals surface area contributed by atoms with E-state index in [2.05, 4.69) is 25.4 Å². The Balaban J connectivity index is 1.61. The van der Waals surface area contributed by atoms with Crippen molar-refractivity contribution < 1.29 is 4.79 Å². The summed E-state index contributed by atoms with van der Waals surface area (Å²) in [6.45, 7) is 3.34. The van der Waals surface area contributed by atoms with E-state index < -0.39 is 0 Å². The molecule has 0 radical (unpaired) electrons. The van der Waals surface area contributed by atoms with Gasteiger partial charge in [-0.05, 0) is 31.9 Å². The molecular formula is C18H19N5O. The average molecular weight is 321 g/mol. The number of nitrogens with zero attached hydrogens (tertiary/aromatic N) is 5. The Morgan fingerprint density at radius 2 is 2.21 bits per heavy atom. The van der Waals surface area contributed by atoms with Crippen molar-refractivity contribution >= 4 is 11.6 Å². The van der Waals surface area contributed by atoms with Gasteiger partial charge in [-0.2, -0.15) is 0 Å². The van der Waals surface area contributed by atoms with E-state index >= 15 is 0 Å². The van der Waals surface area contributed by atoms with Crippen LogP contribution in [0.15, 0.2) is 43.1 Å². The Morgan fingerprint density at radius 3 is 3.08 bits per heavy atom. The third kappa shape index (κ3) is 2.54. The summed E-state index contributed by atoms with van der Waals surface area (Å²) in [6.07, 6.45) is 8.96. The fourth-order valence-corrected chi connectivity index (χ4v) is 3.48. The van der Waals surface area contributed by atoms with Crippen LogP contribution in [0.25, 0.3) is 5.65 Å². The molecule has 3 aromatic heterocycles. The first-order valence-electron chi connectivity index (χ1n) is 8.22. The van der Waals surface area contributed by atoms with Crippen molar-refractivity contribution in [3.05, 3.63) is 60.1 Å². The van der Waals surface area contributed by atoms with Gasteiger partial charge in [0.05, 0.1) is 11.3 Å². The largest absolute Gasteiger partial charge is 0.338 e. The maximum Gasteiger partial charge on any atom is 0.257 e. The van der Waals surface area contributed by atoms with Gasteiger partial charge in [0.2, 0.25) is 0 Å². The van der Waals surface area contributed by atoms with Crippen molar-refractivity contribution in [2.24, 2.45) is 0 Å². The van der Waals surface area contributed by atoms with Gasteiger partial charge in [-0.3, -0.25) is 4.79 Å². The summed E-state index contributed by atoms with van der Waals surface area (Å²) in [5.74, 6) is 0.334. The molecule has 1 aliphatic heterocycles. The highest BCUT2D eigenvalue weighted by molar-refractivity contribution is 5.95. The minimum absolute atomic E-state index is 0.0237. The highest BCUT2D eigenvalue weighted by Gasteiger charge is 2.27. The number of aryl methyl sites for hydroxylation is 1. The molecule has 0 spiro atoms. The predicted octanol–water partition coefficient (Wildman–Crippen LogP) is 2.45. The number of likely N-dealkylation sites (tertiary alicyclic amines) is 1. The first-order chi connectivity index (χ1) is 11.7. The van der Waals surface area contributed by atoms with Gasteiger partial charge in [-0.15, -0.1) is 0 Å². The molecule has 24 heavy (non-hydrogen) atoms. The van der Waals surface area contributed by atoms with Crippen LogP contribution in [-0.4, -0.2) is 43.2 Å². The molecule has 0 aromatic carbocycles. The van der Waals surface area contributed by atoms with Gasteiger partial charge in [-0.1, -0.05) is 6.07 Å². The van der Waals surface area contributed by atoms with Crippen LogP contribution in [0.1, 0.15) is 40.5 Å². The third-order valence-corrected chi connectivity index (χ3v) is 4.73. The van der Waals surface area contributed by atoms with E-state index in [0.29, 0.717) is 18.0 Å². The van der Waals surface area contributed by atoms with Crippen molar-refractivity contribution in [1.82, 2.24) is 24.3 Å². The number of carbonyl (C=O) groups is 1. The van der Waals surface area contributed by atoms with Crippen LogP contribution in [-0.2, 0) is 0 Å². The lowest BCUT2D eigenvalue weighted by atomic mass is 9.93. The molecule has 1 amide bonds. The second-order valence-electron chi connectivity index (χ2n) is 6.22. The molecule has 1 unspecified atom stereocenters. The highest BCUT2D eigenvalue weighted by Crippen LogP contribution is 2.28. The maximum atomic E-state index is 12.8. The number of aromatic nitrogens is 4. The summed E-state index contributed by atoms with van der Waals surface area (Å²) < 4.78 is 2.12. The van der Waals surface area contributed by atoms with Crippen LogP contribution >= 0.6 is 0 Å². The topological polar surface area (TPSA) is 63.4 Å². The molecule has 4 rings (SSSR count). The molecule has 6 heteroatoms. The van der Waals surface area contributed by atoms with E-state index in [9.17, 15) is 4.79 Å². The number of carbonyl (C=O) groups excluding carboxylic acids is 1. The second kappa shape index (κ2) is 6.03. The summed E-state index contributed by atoms with van der Waals surface area (Å²) in [5.41, 5.74) is 3.49. The van der Waals surface area contributed by atoms with Crippen LogP contribution in [0, 0.1) is 6.92 Å². The van der Waals surface area contributed by atoms with Crippen molar-refractivity contribution in [2.75, 3.05) is 13.1 Å². The number of imidazole rings is 1. The van der Waals surface area contributed by atoms with Crippen molar-refractivity contribution in [3.8, 4) is 0 Å². The van der Waals surface area contributed by atoms with Crippen LogP contribution in [0.2, 0.25) is 0 Å². The van der Waals surface area contributed by atoms with E-state index in [-0.39, 0.29) is 5.91 Å². The van der Waals surface area contributed by atoms with E-state index in [1.807, 2.05) is 36.4 Å². The van der Waals surface area contributed by atoms with Gasteiger partial charge >= 0.3 is 0 Å². The van der Waals surface area contributed by atoms with Crippen LogP contribution in [0.3, 0.4) is 0 Å². The molecule has 0 N–H and O–H groups in total. The molecule has 4 heterocycles. The monoisotopic (exact) mass is 321 g/mol. The second-order valence-corrected chi connectivity index (χ2v) is 6.22. The summed E-state index contributed by atoms with van der Waals surface area (Å²) in [7, 11) is 0. The lowest BCUT2D eigenvalue weighted by Gasteiger charge is -2.33. The summed E-state index contributed by atoms with van der Waals surface area (Å²) >= 11 is 0. The van der Waals surface area contributed by atoms with Crippen LogP contribution in [0.5, 0.6) is 0 Å². The fourth-order valence-electron chi connectivity index (χ4n) is 3.48. The van der Waals surface area contributed by atoms with Gasteiger partial charge in [0.1, 0.15) is 12.0 Å². The Hall–Kier alpha value is -2.76. The maximum absolute atomic E-state index is 12.8. The van der Waals surface area contributed by atoms with Crippen molar-refractivity contribution in [1.29, 1.82) is 0 Å². The Bertz CT molecular complexity index is 888. The molecule has 0 bridgehead atoms. The quantitative estimate of drug-likeness (QED) is 0.727. The summed E-state index contributed by atoms with van der Waals surface area (Å²) in [6, 6.07) is 6.16. The third-order valence-electron chi connectivity index (χ3n) is 4.73. The number of piperidine rings is 1. The minimum Gasteiger partial charge on any atom is -0.338 e. The van der Waals surface area contributed by atoms with Gasteiger partial charge in [0.25, 0.3) is 5.91 Å². The minimum atomic E-state index is 0.0237. The summed E-state index contributed by atoms with van der Waals surface area (Å²) in [4.78, 5) is 27.3. The number of hydrogen-bond acceptors (Lipinski definition) is 4. The molecule has 0 aliphatic carbocycles. The zero-order chi connectivity index (χ0) is 16.5. The Labute approximate surface area is 140 Å². The van der Waals surface area contributed by atoms with Crippen LogP contribution < -0.4 is 0 Å². The highest BCUT2D eigenvalue weighted by atomic mass is 16.2. The normalized spacial score (nSPS) is 18.0. The summed E-state index contributed by atoms with van der Waals surface area (Å²) in [5, 5.41) is 0. The molecule has 122 valence electrons. The number of rotatable bonds is 2. The first kappa shape index (κ1) is 14.8. The van der Waals surface area contributed by atoms with Crippen molar-refractivity contribution in [3.63, 3.8) is 0 Å². The molecule has 1 aliphatic rings. The molecular weight excluding hydrogens is 302 g/mol. The Morgan fingerprint density at radius 1 is 1.29 bits per heavy atom. The number of hydrogen-bond donors (Lipinski definition) is 0. The smallest absolute Gasteiger partial charge is 0.257 e. The number of pyridine rings is 1.